The lowest BCUT2D eigenvalue weighted by Crippen LogP contribution is -2.12. The number of halogens is 2. The topological polar surface area (TPSA) is 55.0 Å². The molecule has 0 spiro atoms. The van der Waals surface area contributed by atoms with Crippen LogP contribution in [-0.2, 0) is 6.61 Å². The van der Waals surface area contributed by atoms with Crippen LogP contribution in [0.1, 0.15) is 5.56 Å². The molecule has 0 bridgehead atoms. The molecule has 6 heteroatoms. The van der Waals surface area contributed by atoms with Crippen molar-refractivity contribution >= 4 is 34.2 Å². The molecule has 0 unspecified atom stereocenters. The first-order chi connectivity index (χ1) is 8.18. The standard InChI is InChI=1S/C11H8ClIN2O2/c12-8-4-2-1-3-7(8)5-17-11-9(13)10(16)14-6-15-11/h1-4,6H,5H2,(H,14,15,16). The molecule has 0 saturated heterocycles. The van der Waals surface area contributed by atoms with Gasteiger partial charge in [-0.2, -0.15) is 0 Å². The van der Waals surface area contributed by atoms with Crippen molar-refractivity contribution in [3.63, 3.8) is 0 Å². The van der Waals surface area contributed by atoms with Crippen molar-refractivity contribution in [2.45, 2.75) is 6.61 Å². The highest BCUT2D eigenvalue weighted by atomic mass is 127. The Bertz CT molecular complexity index is 586. The Kier molecular flexibility index (Phi) is 4.01. The van der Waals surface area contributed by atoms with Gasteiger partial charge in [0.15, 0.2) is 0 Å². The van der Waals surface area contributed by atoms with E-state index in [0.717, 1.165) is 5.56 Å². The first-order valence-corrected chi connectivity index (χ1v) is 6.23. The van der Waals surface area contributed by atoms with E-state index >= 15 is 0 Å². The smallest absolute Gasteiger partial charge is 0.268 e. The minimum absolute atomic E-state index is 0.213. The van der Waals surface area contributed by atoms with Gasteiger partial charge in [-0.1, -0.05) is 29.8 Å². The van der Waals surface area contributed by atoms with Crippen LogP contribution in [0.4, 0.5) is 0 Å². The summed E-state index contributed by atoms with van der Waals surface area (Å²) in [4.78, 5) is 17.7. The second-order valence-electron chi connectivity index (χ2n) is 3.23. The van der Waals surface area contributed by atoms with Crippen LogP contribution in [0.15, 0.2) is 35.4 Å². The van der Waals surface area contributed by atoms with E-state index in [0.29, 0.717) is 14.5 Å². The molecule has 2 rings (SSSR count). The highest BCUT2D eigenvalue weighted by Gasteiger charge is 2.07. The van der Waals surface area contributed by atoms with Crippen molar-refractivity contribution in [1.29, 1.82) is 0 Å². The maximum atomic E-state index is 11.3. The van der Waals surface area contributed by atoms with Gasteiger partial charge in [0.05, 0.1) is 6.33 Å². The molecule has 0 saturated carbocycles. The SMILES string of the molecule is O=c1[nH]cnc(OCc2ccccc2Cl)c1I. The molecule has 0 aliphatic heterocycles. The third kappa shape index (κ3) is 2.98. The predicted octanol–water partition coefficient (Wildman–Crippen LogP) is 2.61. The monoisotopic (exact) mass is 362 g/mol. The highest BCUT2D eigenvalue weighted by molar-refractivity contribution is 14.1. The molecule has 0 radical (unpaired) electrons. The van der Waals surface area contributed by atoms with Gasteiger partial charge in [-0.15, -0.1) is 0 Å². The number of nitrogens with zero attached hydrogens (tertiary/aromatic N) is 1. The maximum absolute atomic E-state index is 11.3. The minimum atomic E-state index is -0.213. The van der Waals surface area contributed by atoms with Gasteiger partial charge < -0.3 is 9.72 Å². The maximum Gasteiger partial charge on any atom is 0.268 e. The summed E-state index contributed by atoms with van der Waals surface area (Å²) in [6, 6.07) is 7.38. The van der Waals surface area contributed by atoms with Crippen molar-refractivity contribution in [2.75, 3.05) is 0 Å². The molecule has 0 aliphatic carbocycles. The number of rotatable bonds is 3. The van der Waals surface area contributed by atoms with E-state index in [1.165, 1.54) is 6.33 Å². The molecule has 1 aromatic heterocycles. The minimum Gasteiger partial charge on any atom is -0.472 e. The van der Waals surface area contributed by atoms with Crippen LogP contribution >= 0.6 is 34.2 Å². The molecule has 1 heterocycles. The number of aromatic amines is 1. The number of benzene rings is 1. The fraction of sp³-hybridized carbons (Fsp3) is 0.0909. The Morgan fingerprint density at radius 2 is 2.18 bits per heavy atom. The summed E-state index contributed by atoms with van der Waals surface area (Å²) >= 11 is 7.88. The van der Waals surface area contributed by atoms with Crippen LogP contribution in [0.25, 0.3) is 0 Å². The largest absolute Gasteiger partial charge is 0.472 e. The zero-order valence-electron chi connectivity index (χ0n) is 8.61. The quantitative estimate of drug-likeness (QED) is 0.854. The van der Waals surface area contributed by atoms with Crippen LogP contribution in [-0.4, -0.2) is 9.97 Å². The number of hydrogen-bond acceptors (Lipinski definition) is 3. The summed E-state index contributed by atoms with van der Waals surface area (Å²) in [6.07, 6.45) is 1.31. The Morgan fingerprint density at radius 1 is 1.41 bits per heavy atom. The molecular weight excluding hydrogens is 354 g/mol. The van der Waals surface area contributed by atoms with E-state index in [1.54, 1.807) is 6.07 Å². The summed E-state index contributed by atoms with van der Waals surface area (Å²) in [6.45, 7) is 0.284. The first-order valence-electron chi connectivity index (χ1n) is 4.78. The summed E-state index contributed by atoms with van der Waals surface area (Å²) in [5.74, 6) is 0.314. The zero-order chi connectivity index (χ0) is 12.3. The Morgan fingerprint density at radius 3 is 2.94 bits per heavy atom. The van der Waals surface area contributed by atoms with E-state index in [1.807, 2.05) is 40.8 Å². The highest BCUT2D eigenvalue weighted by Crippen LogP contribution is 2.18. The molecule has 17 heavy (non-hydrogen) atoms. The van der Waals surface area contributed by atoms with Gasteiger partial charge in [0.25, 0.3) is 5.56 Å². The molecule has 0 atom stereocenters. The molecule has 2 aromatic rings. The van der Waals surface area contributed by atoms with Crippen molar-refractivity contribution < 1.29 is 4.74 Å². The van der Waals surface area contributed by atoms with Gasteiger partial charge in [-0.05, 0) is 28.7 Å². The number of aromatic nitrogens is 2. The lowest BCUT2D eigenvalue weighted by atomic mass is 10.2. The number of ether oxygens (including phenoxy) is 1. The second-order valence-corrected chi connectivity index (χ2v) is 4.72. The van der Waals surface area contributed by atoms with Gasteiger partial charge in [0.1, 0.15) is 10.2 Å². The summed E-state index contributed by atoms with van der Waals surface area (Å²) in [5.41, 5.74) is 0.641. The van der Waals surface area contributed by atoms with Crippen molar-refractivity contribution in [1.82, 2.24) is 9.97 Å². The zero-order valence-corrected chi connectivity index (χ0v) is 11.5. The Labute approximate surface area is 116 Å². The third-order valence-corrected chi connectivity index (χ3v) is 3.41. The molecule has 88 valence electrons. The van der Waals surface area contributed by atoms with Crippen LogP contribution in [0.5, 0.6) is 5.88 Å². The normalized spacial score (nSPS) is 10.2. The average molecular weight is 363 g/mol. The molecule has 1 aromatic carbocycles. The fourth-order valence-electron chi connectivity index (χ4n) is 1.23. The lowest BCUT2D eigenvalue weighted by molar-refractivity contribution is 0.290. The first kappa shape index (κ1) is 12.4. The number of hydrogen-bond donors (Lipinski definition) is 1. The molecule has 0 aliphatic rings. The lowest BCUT2D eigenvalue weighted by Gasteiger charge is -2.07. The molecule has 0 amide bonds. The van der Waals surface area contributed by atoms with Gasteiger partial charge in [-0.25, -0.2) is 4.98 Å². The van der Waals surface area contributed by atoms with Crippen LogP contribution < -0.4 is 10.3 Å². The van der Waals surface area contributed by atoms with E-state index < -0.39 is 0 Å². The molecule has 4 nitrogen and oxygen atoms in total. The molecule has 1 N–H and O–H groups in total. The Hall–Kier alpha value is -1.08. The van der Waals surface area contributed by atoms with Gasteiger partial charge in [-0.3, -0.25) is 4.79 Å². The van der Waals surface area contributed by atoms with Gasteiger partial charge >= 0.3 is 0 Å². The second kappa shape index (κ2) is 5.50. The summed E-state index contributed by atoms with van der Waals surface area (Å²) in [7, 11) is 0. The van der Waals surface area contributed by atoms with Crippen LogP contribution in [0.3, 0.4) is 0 Å². The fourth-order valence-corrected chi connectivity index (χ4v) is 1.87. The van der Waals surface area contributed by atoms with E-state index in [4.69, 9.17) is 16.3 Å². The summed E-state index contributed by atoms with van der Waals surface area (Å²) < 4.78 is 5.89. The van der Waals surface area contributed by atoms with Crippen molar-refractivity contribution in [3.8, 4) is 5.88 Å². The predicted molar refractivity (Wildman–Crippen MR) is 73.4 cm³/mol. The molecular formula is C11H8ClIN2O2. The van der Waals surface area contributed by atoms with Gasteiger partial charge in [0.2, 0.25) is 5.88 Å². The number of H-pyrrole nitrogens is 1. The summed E-state index contributed by atoms with van der Waals surface area (Å²) in [5, 5.41) is 0.632. The van der Waals surface area contributed by atoms with Crippen LogP contribution in [0, 0.1) is 3.57 Å². The van der Waals surface area contributed by atoms with E-state index in [2.05, 4.69) is 9.97 Å². The Balaban J connectivity index is 2.16. The van der Waals surface area contributed by atoms with Gasteiger partial charge in [0, 0.05) is 10.6 Å². The van der Waals surface area contributed by atoms with E-state index in [-0.39, 0.29) is 12.2 Å². The average Bonchev–Trinajstić information content (AvgIpc) is 2.33. The van der Waals surface area contributed by atoms with Crippen molar-refractivity contribution in [3.05, 3.63) is 55.1 Å². The van der Waals surface area contributed by atoms with E-state index in [9.17, 15) is 4.79 Å². The number of nitrogens with one attached hydrogen (secondary N) is 1. The van der Waals surface area contributed by atoms with Crippen LogP contribution in [0.2, 0.25) is 5.02 Å². The molecule has 0 fully saturated rings. The van der Waals surface area contributed by atoms with Crippen molar-refractivity contribution in [2.24, 2.45) is 0 Å². The third-order valence-electron chi connectivity index (χ3n) is 2.09.